The molecule has 15 nitrogen and oxygen atoms in total. The molecule has 0 aromatic rings. The summed E-state index contributed by atoms with van der Waals surface area (Å²) in [6.07, 6.45) is 55.5. The van der Waals surface area contributed by atoms with Gasteiger partial charge in [0.15, 0.2) is 0 Å². The summed E-state index contributed by atoms with van der Waals surface area (Å²) in [5.41, 5.74) is 0. The van der Waals surface area contributed by atoms with Crippen molar-refractivity contribution in [2.75, 3.05) is 39.6 Å². The molecule has 0 radical (unpaired) electrons. The molecule has 0 heterocycles. The largest absolute Gasteiger partial charge is 0.472 e. The number of aliphatic hydroxyl groups excluding tert-OH is 3. The van der Waals surface area contributed by atoms with E-state index in [2.05, 4.69) is 106 Å². The second-order valence-electron chi connectivity index (χ2n) is 17.5. The number of aliphatic hydroxyl groups is 3. The molecule has 0 aromatic heterocycles. The summed E-state index contributed by atoms with van der Waals surface area (Å²) in [4.78, 5) is 43.9. The molecule has 0 amide bonds. The number of esters is 2. The third kappa shape index (κ3) is 51.8. The number of hydrogen-bond donors (Lipinski definition) is 5. The van der Waals surface area contributed by atoms with E-state index in [1.54, 1.807) is 0 Å². The van der Waals surface area contributed by atoms with E-state index in [9.17, 15) is 43.8 Å². The summed E-state index contributed by atoms with van der Waals surface area (Å²) < 4.78 is 53.1. The SMILES string of the molecule is CC/C=C\C/C=C\C/C=C\C/C=C\C/C=C\C/C=C\CCC(=O)OCC(O)COP(=O)(O)OCC(O)COP(=O)(O)OCC(O)COC(=O)CCCCCCCCCCCCC/C=C\C/C=C\CCCCC. The minimum Gasteiger partial charge on any atom is -0.463 e. The fourth-order valence-electron chi connectivity index (χ4n) is 6.44. The first kappa shape index (κ1) is 69.0. The van der Waals surface area contributed by atoms with Gasteiger partial charge in [0.05, 0.1) is 26.4 Å². The third-order valence-electron chi connectivity index (χ3n) is 10.5. The van der Waals surface area contributed by atoms with Crippen LogP contribution < -0.4 is 0 Å². The Balaban J connectivity index is 3.92. The van der Waals surface area contributed by atoms with Gasteiger partial charge in [-0.3, -0.25) is 27.7 Å². The summed E-state index contributed by atoms with van der Waals surface area (Å²) in [6.45, 7) is 0.190. The van der Waals surface area contributed by atoms with Gasteiger partial charge in [-0.15, -0.1) is 0 Å². The highest BCUT2D eigenvalue weighted by molar-refractivity contribution is 7.47. The Morgan fingerprint density at radius 3 is 1.04 bits per heavy atom. The summed E-state index contributed by atoms with van der Waals surface area (Å²) in [7, 11) is -9.61. The normalized spacial score (nSPS) is 15.6. The molecule has 0 saturated heterocycles. The molecule has 0 aliphatic heterocycles. The molecule has 0 bridgehead atoms. The molecule has 5 N–H and O–H groups in total. The Hall–Kier alpha value is -3.04. The number of unbranched alkanes of at least 4 members (excludes halogenated alkanes) is 14. The summed E-state index contributed by atoms with van der Waals surface area (Å²) in [6, 6.07) is 0. The number of rotatable bonds is 50. The number of phosphoric ester groups is 2. The third-order valence-corrected chi connectivity index (χ3v) is 12.4. The predicted octanol–water partition coefficient (Wildman–Crippen LogP) is 13.1. The van der Waals surface area contributed by atoms with Crippen LogP contribution in [0, 0.1) is 0 Å². The Kier molecular flexibility index (Phi) is 48.0. The first-order valence-corrected chi connectivity index (χ1v) is 29.6. The van der Waals surface area contributed by atoms with E-state index in [-0.39, 0.29) is 12.8 Å². The maximum absolute atomic E-state index is 12.2. The molecule has 0 aromatic carbocycles. The molecule has 72 heavy (non-hydrogen) atoms. The van der Waals surface area contributed by atoms with Gasteiger partial charge >= 0.3 is 27.6 Å². The van der Waals surface area contributed by atoms with E-state index in [4.69, 9.17) is 14.0 Å². The molecule has 5 unspecified atom stereocenters. The second-order valence-corrected chi connectivity index (χ2v) is 20.4. The number of allylic oxidation sites excluding steroid dienone is 16. The fourth-order valence-corrected chi connectivity index (χ4v) is 8.04. The van der Waals surface area contributed by atoms with E-state index in [0.717, 1.165) is 64.2 Å². The van der Waals surface area contributed by atoms with Gasteiger partial charge in [0.1, 0.15) is 31.5 Å². The van der Waals surface area contributed by atoms with Gasteiger partial charge in [-0.05, 0) is 83.5 Å². The van der Waals surface area contributed by atoms with Gasteiger partial charge in [-0.1, -0.05) is 182 Å². The minimum absolute atomic E-state index is 0.0668. The van der Waals surface area contributed by atoms with Crippen molar-refractivity contribution in [1.82, 2.24) is 0 Å². The molecule has 0 saturated carbocycles. The van der Waals surface area contributed by atoms with Crippen LogP contribution in [0.4, 0.5) is 0 Å². The highest BCUT2D eigenvalue weighted by atomic mass is 31.2. The molecule has 0 spiro atoms. The molecule has 17 heteroatoms. The van der Waals surface area contributed by atoms with Crippen LogP contribution in [0.2, 0.25) is 0 Å². The number of ether oxygens (including phenoxy) is 2. The van der Waals surface area contributed by atoms with Crippen LogP contribution in [0.3, 0.4) is 0 Å². The zero-order valence-corrected chi connectivity index (χ0v) is 45.6. The number of carbonyl (C=O) groups is 2. The lowest BCUT2D eigenvalue weighted by atomic mass is 10.0. The lowest BCUT2D eigenvalue weighted by Gasteiger charge is -2.19. The number of hydrogen-bond acceptors (Lipinski definition) is 13. The molecule has 0 fully saturated rings. The van der Waals surface area contributed by atoms with Crippen LogP contribution in [-0.2, 0) is 46.3 Å². The lowest BCUT2D eigenvalue weighted by molar-refractivity contribution is -0.148. The monoisotopic (exact) mass is 1060 g/mol. The Labute approximate surface area is 433 Å². The number of phosphoric acid groups is 2. The highest BCUT2D eigenvalue weighted by Gasteiger charge is 2.28. The molecule has 414 valence electrons. The van der Waals surface area contributed by atoms with Crippen LogP contribution in [0.15, 0.2) is 97.2 Å². The van der Waals surface area contributed by atoms with E-state index >= 15 is 0 Å². The fraction of sp³-hybridized carbons (Fsp3) is 0.673. The van der Waals surface area contributed by atoms with E-state index in [1.807, 2.05) is 18.2 Å². The smallest absolute Gasteiger partial charge is 0.463 e. The van der Waals surface area contributed by atoms with Crippen molar-refractivity contribution in [3.63, 3.8) is 0 Å². The van der Waals surface area contributed by atoms with Gasteiger partial charge < -0.3 is 34.6 Å². The van der Waals surface area contributed by atoms with Crippen LogP contribution in [0.1, 0.15) is 181 Å². The standard InChI is InChI=1S/C55H94O15P2/c1-3-5-7-9-11-13-15-17-19-21-23-24-26-28-30-32-34-36-38-40-42-44-55(60)66-46-52(57)48-68-72(63,64)70-50-53(58)49-69-71(61,62)67-47-51(56)45-65-54(59)43-41-39-37-35-33-31-29-27-25-22-20-18-16-14-12-10-8-6-4-2/h6,8,11-14,17-20,25,27,31,33,37,39,51-53,56-58H,3-5,7,9-10,15-16,21-24,26,28-30,32,34-36,38,40-50H2,1-2H3,(H,61,62)(H,63,64)/b8-6-,13-11-,14-12-,19-17-,20-18-,27-25-,33-31-,39-37-. The zero-order chi connectivity index (χ0) is 53.1. The average molecular weight is 1060 g/mol. The van der Waals surface area contributed by atoms with Gasteiger partial charge in [0, 0.05) is 12.8 Å². The first-order valence-electron chi connectivity index (χ1n) is 26.6. The molecular formula is C55H94O15P2. The lowest BCUT2D eigenvalue weighted by Crippen LogP contribution is -2.25. The second kappa shape index (κ2) is 50.1. The first-order chi connectivity index (χ1) is 34.8. The van der Waals surface area contributed by atoms with Crippen molar-refractivity contribution in [3.05, 3.63) is 97.2 Å². The Morgan fingerprint density at radius 1 is 0.375 bits per heavy atom. The summed E-state index contributed by atoms with van der Waals surface area (Å²) in [5.74, 6) is -1.08. The highest BCUT2D eigenvalue weighted by Crippen LogP contribution is 2.45. The summed E-state index contributed by atoms with van der Waals surface area (Å²) >= 11 is 0. The van der Waals surface area contributed by atoms with Crippen molar-refractivity contribution in [2.24, 2.45) is 0 Å². The topological polar surface area (TPSA) is 225 Å². The quantitative estimate of drug-likeness (QED) is 0.0165. The molecule has 0 aliphatic carbocycles. The Bertz CT molecular complexity index is 1650. The van der Waals surface area contributed by atoms with Crippen LogP contribution >= 0.6 is 15.6 Å². The van der Waals surface area contributed by atoms with Crippen LogP contribution in [0.25, 0.3) is 0 Å². The van der Waals surface area contributed by atoms with Gasteiger partial charge in [0.2, 0.25) is 0 Å². The van der Waals surface area contributed by atoms with E-state index in [1.165, 1.54) is 70.6 Å². The maximum Gasteiger partial charge on any atom is 0.472 e. The molecule has 0 rings (SSSR count). The van der Waals surface area contributed by atoms with Crippen molar-refractivity contribution in [1.29, 1.82) is 0 Å². The average Bonchev–Trinajstić information content (AvgIpc) is 3.36. The van der Waals surface area contributed by atoms with Gasteiger partial charge in [0.25, 0.3) is 0 Å². The van der Waals surface area contributed by atoms with Gasteiger partial charge in [-0.2, -0.15) is 0 Å². The summed E-state index contributed by atoms with van der Waals surface area (Å²) in [5, 5.41) is 30.1. The Morgan fingerprint density at radius 2 is 0.667 bits per heavy atom. The molecule has 0 aliphatic rings. The molecule has 5 atom stereocenters. The van der Waals surface area contributed by atoms with E-state index < -0.39 is 85.5 Å². The van der Waals surface area contributed by atoms with Gasteiger partial charge in [-0.25, -0.2) is 9.13 Å². The van der Waals surface area contributed by atoms with Crippen LogP contribution in [-0.4, -0.2) is 95.0 Å². The molecular weight excluding hydrogens is 963 g/mol. The van der Waals surface area contributed by atoms with Crippen molar-refractivity contribution in [3.8, 4) is 0 Å². The maximum atomic E-state index is 12.2. The van der Waals surface area contributed by atoms with Crippen molar-refractivity contribution in [2.45, 2.75) is 199 Å². The van der Waals surface area contributed by atoms with Crippen LogP contribution in [0.5, 0.6) is 0 Å². The zero-order valence-electron chi connectivity index (χ0n) is 43.8. The van der Waals surface area contributed by atoms with E-state index in [0.29, 0.717) is 19.3 Å². The van der Waals surface area contributed by atoms with Crippen molar-refractivity contribution >= 4 is 27.6 Å². The van der Waals surface area contributed by atoms with Crippen molar-refractivity contribution < 1.29 is 71.4 Å². The number of carbonyl (C=O) groups excluding carboxylic acids is 2. The predicted molar refractivity (Wildman–Crippen MR) is 288 cm³/mol. The minimum atomic E-state index is -4.81.